The van der Waals surface area contributed by atoms with E-state index >= 15 is 0 Å². The van der Waals surface area contributed by atoms with Crippen LogP contribution in [0.5, 0.6) is 0 Å². The first-order valence-electron chi connectivity index (χ1n) is 6.24. The van der Waals surface area contributed by atoms with Gasteiger partial charge in [0.1, 0.15) is 11.7 Å². The highest BCUT2D eigenvalue weighted by Crippen LogP contribution is 2.21. The average Bonchev–Trinajstić information content (AvgIpc) is 2.86. The molecule has 2 N–H and O–H groups in total. The van der Waals surface area contributed by atoms with Crippen LogP contribution in [-0.4, -0.2) is 53.3 Å². The molecule has 1 aliphatic rings. The Bertz CT molecular complexity index is 484. The van der Waals surface area contributed by atoms with Gasteiger partial charge in [-0.05, 0) is 25.0 Å². The number of carbonyl (C=O) groups is 2. The Kier molecular flexibility index (Phi) is 3.69. The third kappa shape index (κ3) is 2.67. The highest BCUT2D eigenvalue weighted by Gasteiger charge is 2.35. The van der Waals surface area contributed by atoms with E-state index in [0.717, 1.165) is 6.42 Å². The molecule has 1 aliphatic heterocycles. The number of hydrogen-bond acceptors (Lipinski definition) is 4. The number of aromatic nitrogens is 1. The summed E-state index contributed by atoms with van der Waals surface area (Å²) in [5.41, 5.74) is 6.39. The molecule has 2 rings (SSSR count). The van der Waals surface area contributed by atoms with Crippen molar-refractivity contribution in [3.05, 3.63) is 24.0 Å². The van der Waals surface area contributed by atoms with E-state index in [2.05, 4.69) is 4.98 Å². The zero-order chi connectivity index (χ0) is 14.0. The van der Waals surface area contributed by atoms with Gasteiger partial charge in [-0.2, -0.15) is 0 Å². The van der Waals surface area contributed by atoms with E-state index in [0.29, 0.717) is 24.3 Å². The van der Waals surface area contributed by atoms with Crippen molar-refractivity contribution in [2.75, 3.05) is 26.4 Å². The molecule has 0 radical (unpaired) electrons. The molecular weight excluding hydrogens is 244 g/mol. The molecule has 1 unspecified atom stereocenters. The van der Waals surface area contributed by atoms with Crippen LogP contribution >= 0.6 is 0 Å². The van der Waals surface area contributed by atoms with Crippen LogP contribution in [-0.2, 0) is 4.79 Å². The van der Waals surface area contributed by atoms with Crippen molar-refractivity contribution in [1.29, 1.82) is 0 Å². The largest absolute Gasteiger partial charge is 0.397 e. The van der Waals surface area contributed by atoms with Gasteiger partial charge >= 0.3 is 0 Å². The van der Waals surface area contributed by atoms with Crippen molar-refractivity contribution < 1.29 is 9.59 Å². The number of anilines is 1. The first-order valence-corrected chi connectivity index (χ1v) is 6.24. The van der Waals surface area contributed by atoms with E-state index in [1.165, 1.54) is 11.1 Å². The summed E-state index contributed by atoms with van der Waals surface area (Å²) in [6.07, 6.45) is 2.99. The molecule has 6 heteroatoms. The predicted octanol–water partition coefficient (Wildman–Crippen LogP) is 0.357. The van der Waals surface area contributed by atoms with Crippen molar-refractivity contribution in [1.82, 2.24) is 14.8 Å². The molecule has 1 saturated heterocycles. The van der Waals surface area contributed by atoms with Gasteiger partial charge in [0.05, 0.1) is 11.9 Å². The summed E-state index contributed by atoms with van der Waals surface area (Å²) in [6, 6.07) is 2.86. The maximum atomic E-state index is 12.3. The van der Waals surface area contributed by atoms with Crippen LogP contribution in [0.15, 0.2) is 18.3 Å². The lowest BCUT2D eigenvalue weighted by atomic mass is 10.2. The van der Waals surface area contributed by atoms with Crippen LogP contribution in [0.2, 0.25) is 0 Å². The number of rotatable bonds is 2. The fourth-order valence-electron chi connectivity index (χ4n) is 2.24. The van der Waals surface area contributed by atoms with Gasteiger partial charge in [0.25, 0.3) is 5.91 Å². The molecule has 19 heavy (non-hydrogen) atoms. The van der Waals surface area contributed by atoms with Gasteiger partial charge in [0, 0.05) is 20.6 Å². The number of likely N-dealkylation sites (N-methyl/N-ethyl adjacent to an activating group) is 1. The summed E-state index contributed by atoms with van der Waals surface area (Å²) in [6.45, 7) is 0.592. The number of nitrogens with two attached hydrogens (primary N) is 1. The molecular formula is C13H18N4O2. The maximum absolute atomic E-state index is 12.3. The number of carbonyl (C=O) groups excluding carboxylic acids is 2. The van der Waals surface area contributed by atoms with Gasteiger partial charge in [0.15, 0.2) is 0 Å². The van der Waals surface area contributed by atoms with Gasteiger partial charge in [-0.15, -0.1) is 0 Å². The van der Waals surface area contributed by atoms with Gasteiger partial charge in [-0.25, -0.2) is 4.98 Å². The monoisotopic (exact) mass is 262 g/mol. The molecule has 1 atom stereocenters. The lowest BCUT2D eigenvalue weighted by molar-refractivity contribution is -0.132. The molecule has 102 valence electrons. The molecule has 2 amide bonds. The Morgan fingerprint density at radius 2 is 2.16 bits per heavy atom. The van der Waals surface area contributed by atoms with E-state index in [4.69, 9.17) is 5.73 Å². The second kappa shape index (κ2) is 5.26. The van der Waals surface area contributed by atoms with E-state index in [-0.39, 0.29) is 17.9 Å². The fourth-order valence-corrected chi connectivity index (χ4v) is 2.24. The minimum Gasteiger partial charge on any atom is -0.397 e. The first kappa shape index (κ1) is 13.3. The van der Waals surface area contributed by atoms with Gasteiger partial charge in [-0.1, -0.05) is 0 Å². The summed E-state index contributed by atoms with van der Waals surface area (Å²) in [5, 5.41) is 0. The van der Waals surface area contributed by atoms with Crippen LogP contribution < -0.4 is 5.73 Å². The van der Waals surface area contributed by atoms with Crippen LogP contribution in [0.4, 0.5) is 5.69 Å². The standard InChI is InChI=1S/C13H18N4O2/c1-16(2)13(19)11-4-3-7-17(11)12(18)10-6-5-9(14)8-15-10/h5-6,8,11H,3-4,7,14H2,1-2H3. The number of likely N-dealkylation sites (tertiary alicyclic amines) is 1. The summed E-state index contributed by atoms with van der Waals surface area (Å²) < 4.78 is 0. The Labute approximate surface area is 112 Å². The van der Waals surface area contributed by atoms with Crippen LogP contribution in [0.25, 0.3) is 0 Å². The number of amides is 2. The molecule has 1 aromatic heterocycles. The molecule has 0 saturated carbocycles. The summed E-state index contributed by atoms with van der Waals surface area (Å²) in [5.74, 6) is -0.251. The second-order valence-electron chi connectivity index (χ2n) is 4.87. The number of hydrogen-bond donors (Lipinski definition) is 1. The minimum absolute atomic E-state index is 0.0405. The number of nitrogens with zero attached hydrogens (tertiary/aromatic N) is 3. The normalized spacial score (nSPS) is 18.4. The predicted molar refractivity (Wildman–Crippen MR) is 71.4 cm³/mol. The second-order valence-corrected chi connectivity index (χ2v) is 4.87. The average molecular weight is 262 g/mol. The topological polar surface area (TPSA) is 79.5 Å². The van der Waals surface area contributed by atoms with Gasteiger partial charge < -0.3 is 15.5 Å². The molecule has 2 heterocycles. The zero-order valence-electron chi connectivity index (χ0n) is 11.2. The molecule has 0 bridgehead atoms. The Balaban J connectivity index is 2.18. The summed E-state index contributed by atoms with van der Waals surface area (Å²) >= 11 is 0. The number of pyridine rings is 1. The fraction of sp³-hybridized carbons (Fsp3) is 0.462. The van der Waals surface area contributed by atoms with Gasteiger partial charge in [0.2, 0.25) is 5.91 Å². The minimum atomic E-state index is -0.373. The zero-order valence-corrected chi connectivity index (χ0v) is 11.2. The number of nitrogen functional groups attached to an aromatic ring is 1. The van der Waals surface area contributed by atoms with Crippen molar-refractivity contribution in [2.45, 2.75) is 18.9 Å². The van der Waals surface area contributed by atoms with Crippen molar-refractivity contribution >= 4 is 17.5 Å². The van der Waals surface area contributed by atoms with Crippen molar-refractivity contribution in [3.8, 4) is 0 Å². The molecule has 6 nitrogen and oxygen atoms in total. The van der Waals surface area contributed by atoms with Crippen LogP contribution in [0.1, 0.15) is 23.3 Å². The molecule has 0 spiro atoms. The Hall–Kier alpha value is -2.11. The maximum Gasteiger partial charge on any atom is 0.273 e. The Morgan fingerprint density at radius 1 is 1.42 bits per heavy atom. The highest BCUT2D eigenvalue weighted by molar-refractivity contribution is 5.96. The Morgan fingerprint density at radius 3 is 2.74 bits per heavy atom. The third-order valence-electron chi connectivity index (χ3n) is 3.24. The van der Waals surface area contributed by atoms with Crippen molar-refractivity contribution in [2.24, 2.45) is 0 Å². The molecule has 0 aliphatic carbocycles. The van der Waals surface area contributed by atoms with E-state index in [1.807, 2.05) is 0 Å². The van der Waals surface area contributed by atoms with Crippen LogP contribution in [0.3, 0.4) is 0 Å². The van der Waals surface area contributed by atoms with Crippen molar-refractivity contribution in [3.63, 3.8) is 0 Å². The van der Waals surface area contributed by atoms with E-state index < -0.39 is 0 Å². The molecule has 1 fully saturated rings. The SMILES string of the molecule is CN(C)C(=O)C1CCCN1C(=O)c1ccc(N)cn1. The lowest BCUT2D eigenvalue weighted by Gasteiger charge is -2.25. The highest BCUT2D eigenvalue weighted by atomic mass is 16.2. The van der Waals surface area contributed by atoms with Crippen LogP contribution in [0, 0.1) is 0 Å². The smallest absolute Gasteiger partial charge is 0.273 e. The summed E-state index contributed by atoms with van der Waals surface area (Å²) in [4.78, 5) is 31.5. The molecule has 1 aromatic rings. The molecule has 0 aromatic carbocycles. The lowest BCUT2D eigenvalue weighted by Crippen LogP contribution is -2.45. The van der Waals surface area contributed by atoms with Gasteiger partial charge in [-0.3, -0.25) is 9.59 Å². The van der Waals surface area contributed by atoms with E-state index in [1.54, 1.807) is 31.1 Å². The third-order valence-corrected chi connectivity index (χ3v) is 3.24. The quantitative estimate of drug-likeness (QED) is 0.834. The van der Waals surface area contributed by atoms with E-state index in [9.17, 15) is 9.59 Å². The summed E-state index contributed by atoms with van der Waals surface area (Å²) in [7, 11) is 3.40. The first-order chi connectivity index (χ1) is 9.00.